The summed E-state index contributed by atoms with van der Waals surface area (Å²) in [5.74, 6) is -1.60. The van der Waals surface area contributed by atoms with Crippen molar-refractivity contribution in [3.05, 3.63) is 34.1 Å². The van der Waals surface area contributed by atoms with Crippen LogP contribution in [0.5, 0.6) is 0 Å². The van der Waals surface area contributed by atoms with Crippen molar-refractivity contribution in [2.24, 2.45) is 5.92 Å². The molecule has 1 aromatic carbocycles. The van der Waals surface area contributed by atoms with Gasteiger partial charge in [0.25, 0.3) is 0 Å². The van der Waals surface area contributed by atoms with Gasteiger partial charge in [-0.1, -0.05) is 6.07 Å². The van der Waals surface area contributed by atoms with Gasteiger partial charge in [-0.3, -0.25) is 4.90 Å². The van der Waals surface area contributed by atoms with Crippen LogP contribution < -0.4 is 0 Å². The summed E-state index contributed by atoms with van der Waals surface area (Å²) in [5, 5.41) is 0. The average Bonchev–Trinajstić information content (AvgIpc) is 2.72. The second-order valence-electron chi connectivity index (χ2n) is 4.51. The Morgan fingerprint density at radius 1 is 1.33 bits per heavy atom. The zero-order chi connectivity index (χ0) is 13.3. The fourth-order valence-electron chi connectivity index (χ4n) is 2.14. The minimum atomic E-state index is -4.11. The van der Waals surface area contributed by atoms with Crippen LogP contribution in [0, 0.1) is 11.7 Å². The Hall–Kier alpha value is -0.620. The van der Waals surface area contributed by atoms with Crippen molar-refractivity contribution in [1.82, 2.24) is 4.90 Å². The maximum absolute atomic E-state index is 13.0. The molecule has 2 rings (SSSR count). The second kappa shape index (κ2) is 5.17. The number of likely N-dealkylation sites (tertiary alicyclic amines) is 1. The van der Waals surface area contributed by atoms with Crippen LogP contribution >= 0.6 is 15.9 Å². The molecule has 1 saturated heterocycles. The fraction of sp³-hybridized carbons (Fsp3) is 0.500. The lowest BCUT2D eigenvalue weighted by atomic mass is 10.1. The summed E-state index contributed by atoms with van der Waals surface area (Å²) in [7, 11) is 0. The van der Waals surface area contributed by atoms with Gasteiger partial charge in [0.05, 0.1) is 10.4 Å². The van der Waals surface area contributed by atoms with Gasteiger partial charge in [-0.2, -0.15) is 13.2 Å². The van der Waals surface area contributed by atoms with Crippen LogP contribution in [0.25, 0.3) is 0 Å². The highest BCUT2D eigenvalue weighted by Gasteiger charge is 2.43. The Kier molecular flexibility index (Phi) is 3.96. The molecular weight excluding hydrogens is 314 g/mol. The molecular formula is C12H12BrF4N. The minimum absolute atomic E-state index is 0.0263. The standard InChI is InChI=1S/C12H12BrF4N/c13-10-5-8(1-2-11(10)14)6-18-4-3-9(7-18)12(15,16)17/h1-2,5,9H,3-4,6-7H2. The molecule has 1 nitrogen and oxygen atoms in total. The molecule has 1 aromatic rings. The van der Waals surface area contributed by atoms with Gasteiger partial charge in [0.1, 0.15) is 5.82 Å². The number of hydrogen-bond donors (Lipinski definition) is 0. The largest absolute Gasteiger partial charge is 0.393 e. The van der Waals surface area contributed by atoms with Crippen LogP contribution in [0.15, 0.2) is 22.7 Å². The predicted octanol–water partition coefficient (Wildman–Crippen LogP) is 3.97. The smallest absolute Gasteiger partial charge is 0.298 e. The van der Waals surface area contributed by atoms with E-state index in [1.54, 1.807) is 17.0 Å². The number of hydrogen-bond acceptors (Lipinski definition) is 1. The predicted molar refractivity (Wildman–Crippen MR) is 63.5 cm³/mol. The molecule has 0 radical (unpaired) electrons. The number of benzene rings is 1. The van der Waals surface area contributed by atoms with Crippen molar-refractivity contribution in [1.29, 1.82) is 0 Å². The third-order valence-electron chi connectivity index (χ3n) is 3.13. The maximum Gasteiger partial charge on any atom is 0.393 e. The third-order valence-corrected chi connectivity index (χ3v) is 3.73. The topological polar surface area (TPSA) is 3.24 Å². The quantitative estimate of drug-likeness (QED) is 0.744. The number of rotatable bonds is 2. The van der Waals surface area contributed by atoms with Crippen LogP contribution in [0.2, 0.25) is 0 Å². The van der Waals surface area contributed by atoms with E-state index >= 15 is 0 Å². The lowest BCUT2D eigenvalue weighted by Crippen LogP contribution is -2.27. The molecule has 1 atom stereocenters. The van der Waals surface area contributed by atoms with Crippen LogP contribution in [0.4, 0.5) is 17.6 Å². The highest BCUT2D eigenvalue weighted by molar-refractivity contribution is 9.10. The van der Waals surface area contributed by atoms with Gasteiger partial charge < -0.3 is 0 Å². The molecule has 0 aliphatic carbocycles. The molecule has 0 aromatic heterocycles. The molecule has 100 valence electrons. The normalized spacial score (nSPS) is 21.5. The van der Waals surface area contributed by atoms with Crippen LogP contribution in [0.3, 0.4) is 0 Å². The molecule has 0 saturated carbocycles. The summed E-state index contributed by atoms with van der Waals surface area (Å²) in [5.41, 5.74) is 0.811. The van der Waals surface area contributed by atoms with Gasteiger partial charge in [-0.05, 0) is 46.6 Å². The first-order valence-electron chi connectivity index (χ1n) is 5.59. The molecule has 0 bridgehead atoms. The van der Waals surface area contributed by atoms with Crippen molar-refractivity contribution in [2.75, 3.05) is 13.1 Å². The molecule has 1 fully saturated rings. The summed E-state index contributed by atoms with van der Waals surface area (Å²) < 4.78 is 50.9. The van der Waals surface area contributed by atoms with Gasteiger partial charge in [-0.25, -0.2) is 4.39 Å². The Morgan fingerprint density at radius 2 is 2.06 bits per heavy atom. The van der Waals surface area contributed by atoms with E-state index in [2.05, 4.69) is 15.9 Å². The maximum atomic E-state index is 13.0. The van der Waals surface area contributed by atoms with Crippen LogP contribution in [-0.2, 0) is 6.54 Å². The molecule has 6 heteroatoms. The highest BCUT2D eigenvalue weighted by Crippen LogP contribution is 2.34. The van der Waals surface area contributed by atoms with Gasteiger partial charge in [0, 0.05) is 13.1 Å². The lowest BCUT2D eigenvalue weighted by molar-refractivity contribution is -0.170. The summed E-state index contributed by atoms with van der Waals surface area (Å²) in [6.07, 6.45) is -3.97. The van der Waals surface area contributed by atoms with Gasteiger partial charge in [-0.15, -0.1) is 0 Å². The molecule has 1 heterocycles. The second-order valence-corrected chi connectivity index (χ2v) is 5.37. The molecule has 1 aliphatic heterocycles. The SMILES string of the molecule is Fc1ccc(CN2CCC(C(F)(F)F)C2)cc1Br. The number of halogens is 5. The van der Waals surface area contributed by atoms with Crippen molar-refractivity contribution in [2.45, 2.75) is 19.1 Å². The monoisotopic (exact) mass is 325 g/mol. The molecule has 0 spiro atoms. The van der Waals surface area contributed by atoms with Crippen molar-refractivity contribution >= 4 is 15.9 Å². The van der Waals surface area contributed by atoms with Gasteiger partial charge >= 0.3 is 6.18 Å². The van der Waals surface area contributed by atoms with Gasteiger partial charge in [0.2, 0.25) is 0 Å². The third kappa shape index (κ3) is 3.23. The van der Waals surface area contributed by atoms with E-state index in [1.807, 2.05) is 0 Å². The zero-order valence-corrected chi connectivity index (χ0v) is 11.1. The average molecular weight is 326 g/mol. The van der Waals surface area contributed by atoms with Crippen molar-refractivity contribution < 1.29 is 17.6 Å². The van der Waals surface area contributed by atoms with Crippen LogP contribution in [-0.4, -0.2) is 24.2 Å². The molecule has 0 N–H and O–H groups in total. The minimum Gasteiger partial charge on any atom is -0.298 e. The van der Waals surface area contributed by atoms with E-state index in [9.17, 15) is 17.6 Å². The van der Waals surface area contributed by atoms with E-state index in [-0.39, 0.29) is 18.8 Å². The molecule has 0 amide bonds. The lowest BCUT2D eigenvalue weighted by Gasteiger charge is -2.17. The van der Waals surface area contributed by atoms with Gasteiger partial charge in [0.15, 0.2) is 0 Å². The van der Waals surface area contributed by atoms with E-state index in [4.69, 9.17) is 0 Å². The van der Waals surface area contributed by atoms with Crippen molar-refractivity contribution in [3.63, 3.8) is 0 Å². The summed E-state index contributed by atoms with van der Waals surface area (Å²) in [6.45, 7) is 0.878. The first-order valence-corrected chi connectivity index (χ1v) is 6.38. The Balaban J connectivity index is 1.97. The van der Waals surface area contributed by atoms with E-state index in [0.717, 1.165) is 5.56 Å². The Bertz CT molecular complexity index is 433. The summed E-state index contributed by atoms with van der Waals surface area (Å²) in [6, 6.07) is 4.52. The van der Waals surface area contributed by atoms with Crippen molar-refractivity contribution in [3.8, 4) is 0 Å². The highest BCUT2D eigenvalue weighted by atomic mass is 79.9. The number of nitrogens with zero attached hydrogens (tertiary/aromatic N) is 1. The molecule has 1 unspecified atom stereocenters. The van der Waals surface area contributed by atoms with Crippen LogP contribution in [0.1, 0.15) is 12.0 Å². The van der Waals surface area contributed by atoms with E-state index in [0.29, 0.717) is 17.6 Å². The molecule has 1 aliphatic rings. The van der Waals surface area contributed by atoms with E-state index in [1.165, 1.54) is 6.07 Å². The first kappa shape index (κ1) is 13.8. The fourth-order valence-corrected chi connectivity index (χ4v) is 2.57. The zero-order valence-electron chi connectivity index (χ0n) is 9.47. The summed E-state index contributed by atoms with van der Waals surface area (Å²) >= 11 is 3.07. The number of alkyl halides is 3. The Labute approximate surface area is 111 Å². The van der Waals surface area contributed by atoms with E-state index < -0.39 is 12.1 Å². The Morgan fingerprint density at radius 3 is 2.61 bits per heavy atom. The first-order chi connectivity index (χ1) is 8.36. The summed E-state index contributed by atoms with van der Waals surface area (Å²) in [4.78, 5) is 1.75. The molecule has 18 heavy (non-hydrogen) atoms.